The Morgan fingerprint density at radius 1 is 1.28 bits per heavy atom. The van der Waals surface area contributed by atoms with Crippen LogP contribution in [0.3, 0.4) is 0 Å². The highest BCUT2D eigenvalue weighted by Gasteiger charge is 2.15. The summed E-state index contributed by atoms with van der Waals surface area (Å²) in [6.07, 6.45) is 2.49. The average molecular weight is 413 g/mol. The number of hydrogen-bond acceptors (Lipinski definition) is 7. The van der Waals surface area contributed by atoms with Crippen molar-refractivity contribution in [3.05, 3.63) is 58.8 Å². The highest BCUT2D eigenvalue weighted by Crippen LogP contribution is 2.23. The summed E-state index contributed by atoms with van der Waals surface area (Å²) in [5.41, 5.74) is 1.69. The molecule has 1 N–H and O–H groups in total. The van der Waals surface area contributed by atoms with E-state index in [0.717, 1.165) is 5.56 Å². The van der Waals surface area contributed by atoms with E-state index in [1.807, 2.05) is 13.0 Å². The molecule has 1 aromatic carbocycles. The molecule has 1 amide bonds. The van der Waals surface area contributed by atoms with Crippen LogP contribution in [0.25, 0.3) is 17.1 Å². The molecule has 0 atom stereocenters. The Morgan fingerprint density at radius 2 is 2.14 bits per heavy atom. The van der Waals surface area contributed by atoms with Crippen LogP contribution < -0.4 is 10.1 Å². The van der Waals surface area contributed by atoms with Crippen LogP contribution >= 0.6 is 11.6 Å². The van der Waals surface area contributed by atoms with Crippen LogP contribution in [0.5, 0.6) is 5.75 Å². The van der Waals surface area contributed by atoms with E-state index in [2.05, 4.69) is 25.7 Å². The van der Waals surface area contributed by atoms with Gasteiger partial charge in [0.25, 0.3) is 11.8 Å². The highest BCUT2D eigenvalue weighted by molar-refractivity contribution is 6.31. The molecule has 0 fully saturated rings. The van der Waals surface area contributed by atoms with Gasteiger partial charge in [-0.05, 0) is 30.3 Å². The molecule has 10 heteroatoms. The quantitative estimate of drug-likeness (QED) is 0.518. The summed E-state index contributed by atoms with van der Waals surface area (Å²) in [6.45, 7) is 2.13. The normalized spacial score (nSPS) is 11.0. The largest absolute Gasteiger partial charge is 0.496 e. The summed E-state index contributed by atoms with van der Waals surface area (Å²) in [6, 6.07) is 8.49. The summed E-state index contributed by atoms with van der Waals surface area (Å²) in [5.74, 6) is 1.75. The summed E-state index contributed by atoms with van der Waals surface area (Å²) in [5, 5.41) is 15.5. The number of methoxy groups -OCH3 is 1. The van der Waals surface area contributed by atoms with Gasteiger partial charge in [-0.15, -0.1) is 10.2 Å². The van der Waals surface area contributed by atoms with Crippen molar-refractivity contribution in [1.29, 1.82) is 0 Å². The number of ether oxygens (including phenoxy) is 1. The minimum absolute atomic E-state index is 0.176. The van der Waals surface area contributed by atoms with E-state index < -0.39 is 0 Å². The van der Waals surface area contributed by atoms with Crippen LogP contribution in [-0.4, -0.2) is 37.8 Å². The lowest BCUT2D eigenvalue weighted by Gasteiger charge is -2.09. The summed E-state index contributed by atoms with van der Waals surface area (Å²) >= 11 is 5.99. The number of nitrogens with one attached hydrogen (secondary N) is 1. The molecule has 0 aliphatic rings. The zero-order valence-electron chi connectivity index (χ0n) is 15.7. The smallest absolute Gasteiger partial charge is 0.258 e. The molecule has 29 heavy (non-hydrogen) atoms. The number of benzene rings is 1. The number of carbonyl (C=O) groups is 1. The Hall–Kier alpha value is -3.46. The first kappa shape index (κ1) is 18.9. The number of rotatable bonds is 6. The van der Waals surface area contributed by atoms with Crippen LogP contribution in [0.4, 0.5) is 0 Å². The van der Waals surface area contributed by atoms with E-state index in [0.29, 0.717) is 45.9 Å². The predicted octanol–water partition coefficient (Wildman–Crippen LogP) is 2.93. The second-order valence-electron chi connectivity index (χ2n) is 6.16. The molecule has 0 aliphatic carbocycles. The molecule has 0 aliphatic heterocycles. The molecule has 4 aromatic rings. The van der Waals surface area contributed by atoms with Crippen molar-refractivity contribution in [3.63, 3.8) is 0 Å². The topological polar surface area (TPSA) is 107 Å². The molecule has 3 aromatic heterocycles. The molecule has 0 radical (unpaired) electrons. The predicted molar refractivity (Wildman–Crippen MR) is 105 cm³/mol. The first-order valence-corrected chi connectivity index (χ1v) is 9.25. The summed E-state index contributed by atoms with van der Waals surface area (Å²) in [7, 11) is 1.50. The van der Waals surface area contributed by atoms with Crippen molar-refractivity contribution in [1.82, 2.24) is 30.1 Å². The summed E-state index contributed by atoms with van der Waals surface area (Å²) in [4.78, 5) is 16.9. The lowest BCUT2D eigenvalue weighted by molar-refractivity contribution is 0.0946. The van der Waals surface area contributed by atoms with Gasteiger partial charge in [0.05, 0.1) is 19.2 Å². The molecule has 0 bridgehead atoms. The fourth-order valence-electron chi connectivity index (χ4n) is 2.82. The minimum atomic E-state index is -0.323. The van der Waals surface area contributed by atoms with E-state index in [-0.39, 0.29) is 12.5 Å². The maximum absolute atomic E-state index is 12.5. The zero-order chi connectivity index (χ0) is 20.4. The molecular weight excluding hydrogens is 396 g/mol. The van der Waals surface area contributed by atoms with Crippen molar-refractivity contribution in [3.8, 4) is 17.2 Å². The molecule has 3 heterocycles. The molecule has 0 unspecified atom stereocenters. The SMILES string of the molecule is CCc1noc(-c2ccn3c(CNC(=O)c4cc(Cl)ccc4OC)nnc3c2)n1. The van der Waals surface area contributed by atoms with Crippen molar-refractivity contribution < 1.29 is 14.1 Å². The molecule has 0 saturated heterocycles. The molecule has 4 rings (SSSR count). The number of halogens is 1. The van der Waals surface area contributed by atoms with Gasteiger partial charge in [0.1, 0.15) is 5.75 Å². The monoisotopic (exact) mass is 412 g/mol. The first-order valence-electron chi connectivity index (χ1n) is 8.87. The Morgan fingerprint density at radius 3 is 2.90 bits per heavy atom. The average Bonchev–Trinajstić information content (AvgIpc) is 3.38. The van der Waals surface area contributed by atoms with E-state index in [1.165, 1.54) is 7.11 Å². The van der Waals surface area contributed by atoms with Crippen molar-refractivity contribution >= 4 is 23.2 Å². The van der Waals surface area contributed by atoms with Gasteiger partial charge in [-0.3, -0.25) is 9.20 Å². The van der Waals surface area contributed by atoms with E-state index in [1.54, 1.807) is 34.9 Å². The number of aryl methyl sites for hydroxylation is 1. The van der Waals surface area contributed by atoms with Crippen LogP contribution in [0.2, 0.25) is 5.02 Å². The second-order valence-corrected chi connectivity index (χ2v) is 6.59. The van der Waals surface area contributed by atoms with Gasteiger partial charge in [-0.25, -0.2) is 0 Å². The molecule has 148 valence electrons. The van der Waals surface area contributed by atoms with Gasteiger partial charge in [0.15, 0.2) is 17.3 Å². The van der Waals surface area contributed by atoms with Crippen LogP contribution in [-0.2, 0) is 13.0 Å². The molecule has 0 spiro atoms. The molecule has 9 nitrogen and oxygen atoms in total. The fraction of sp³-hybridized carbons (Fsp3) is 0.211. The third kappa shape index (κ3) is 3.77. The molecule has 0 saturated carbocycles. The van der Waals surface area contributed by atoms with Gasteiger partial charge in [-0.1, -0.05) is 23.7 Å². The van der Waals surface area contributed by atoms with Gasteiger partial charge < -0.3 is 14.6 Å². The van der Waals surface area contributed by atoms with Crippen molar-refractivity contribution in [2.45, 2.75) is 19.9 Å². The van der Waals surface area contributed by atoms with E-state index >= 15 is 0 Å². The number of carbonyl (C=O) groups excluding carboxylic acids is 1. The van der Waals surface area contributed by atoms with Crippen LogP contribution in [0, 0.1) is 0 Å². The lowest BCUT2D eigenvalue weighted by Crippen LogP contribution is -2.24. The van der Waals surface area contributed by atoms with Crippen molar-refractivity contribution in [2.75, 3.05) is 7.11 Å². The van der Waals surface area contributed by atoms with Gasteiger partial charge in [0, 0.05) is 23.2 Å². The number of pyridine rings is 1. The second kappa shape index (κ2) is 7.88. The lowest BCUT2D eigenvalue weighted by atomic mass is 10.2. The zero-order valence-corrected chi connectivity index (χ0v) is 16.5. The van der Waals surface area contributed by atoms with Gasteiger partial charge in [0.2, 0.25) is 0 Å². The van der Waals surface area contributed by atoms with Crippen molar-refractivity contribution in [2.24, 2.45) is 0 Å². The highest BCUT2D eigenvalue weighted by atomic mass is 35.5. The Labute approximate surface area is 170 Å². The number of fused-ring (bicyclic) bond motifs is 1. The number of nitrogens with zero attached hydrogens (tertiary/aromatic N) is 5. The van der Waals surface area contributed by atoms with Crippen LogP contribution in [0.15, 0.2) is 41.1 Å². The van der Waals surface area contributed by atoms with Gasteiger partial charge >= 0.3 is 0 Å². The Kier molecular flexibility index (Phi) is 5.13. The Balaban J connectivity index is 1.53. The van der Waals surface area contributed by atoms with E-state index in [4.69, 9.17) is 20.9 Å². The first-order chi connectivity index (χ1) is 14.1. The third-order valence-electron chi connectivity index (χ3n) is 4.33. The minimum Gasteiger partial charge on any atom is -0.496 e. The maximum Gasteiger partial charge on any atom is 0.258 e. The Bertz CT molecular complexity index is 1190. The molecular formula is C19H17ClN6O3. The number of aromatic nitrogens is 5. The fourth-order valence-corrected chi connectivity index (χ4v) is 2.99. The standard InChI is InChI=1S/C19H17ClN6O3/c1-3-15-22-19(29-25-15)11-6-7-26-16(8-11)23-24-17(26)10-21-18(27)13-9-12(20)4-5-14(13)28-2/h4-9H,3,10H2,1-2H3,(H,21,27). The maximum atomic E-state index is 12.5. The summed E-state index contributed by atoms with van der Waals surface area (Å²) < 4.78 is 12.3. The van der Waals surface area contributed by atoms with E-state index in [9.17, 15) is 4.79 Å². The third-order valence-corrected chi connectivity index (χ3v) is 4.56. The number of hydrogen-bond donors (Lipinski definition) is 1. The van der Waals surface area contributed by atoms with Gasteiger partial charge in [-0.2, -0.15) is 4.98 Å². The van der Waals surface area contributed by atoms with Crippen LogP contribution in [0.1, 0.15) is 28.9 Å². The number of amides is 1.